The molecule has 0 aliphatic rings. The van der Waals surface area contributed by atoms with Gasteiger partial charge in [0.1, 0.15) is 5.15 Å². The summed E-state index contributed by atoms with van der Waals surface area (Å²) in [5, 5.41) is 3.19. The van der Waals surface area contributed by atoms with E-state index in [-0.39, 0.29) is 5.91 Å². The van der Waals surface area contributed by atoms with E-state index in [1.54, 1.807) is 12.1 Å². The molecule has 0 aromatic carbocycles. The molecular formula is C11H15ClN2OS. The summed E-state index contributed by atoms with van der Waals surface area (Å²) < 4.78 is 0. The lowest BCUT2D eigenvalue weighted by Gasteiger charge is -2.04. The number of carbonyl (C=O) groups excluding carboxylic acids is 1. The predicted molar refractivity (Wildman–Crippen MR) is 69.2 cm³/mol. The van der Waals surface area contributed by atoms with E-state index in [0.29, 0.717) is 17.3 Å². The van der Waals surface area contributed by atoms with Gasteiger partial charge in [0.05, 0.1) is 0 Å². The molecule has 16 heavy (non-hydrogen) atoms. The van der Waals surface area contributed by atoms with Gasteiger partial charge in [-0.25, -0.2) is 4.98 Å². The molecule has 0 unspecified atom stereocenters. The number of halogens is 1. The highest BCUT2D eigenvalue weighted by molar-refractivity contribution is 7.98. The van der Waals surface area contributed by atoms with Gasteiger partial charge in [0.25, 0.3) is 5.91 Å². The summed E-state index contributed by atoms with van der Waals surface area (Å²) in [5.41, 5.74) is 0.560. The van der Waals surface area contributed by atoms with E-state index < -0.39 is 0 Å². The number of thioether (sulfide) groups is 1. The van der Waals surface area contributed by atoms with Crippen molar-refractivity contribution in [3.63, 3.8) is 0 Å². The van der Waals surface area contributed by atoms with Crippen molar-refractivity contribution in [1.82, 2.24) is 10.3 Å². The standard InChI is InChI=1S/C11H15ClN2OS/c1-16-7-3-2-5-14-11(15)9-4-6-13-10(12)8-9/h4,6,8H,2-3,5,7H2,1H3,(H,14,15). The fraction of sp³-hybridized carbons (Fsp3) is 0.455. The highest BCUT2D eigenvalue weighted by Crippen LogP contribution is 2.06. The van der Waals surface area contributed by atoms with Gasteiger partial charge in [-0.1, -0.05) is 11.6 Å². The van der Waals surface area contributed by atoms with Crippen LogP contribution in [0, 0.1) is 0 Å². The van der Waals surface area contributed by atoms with E-state index in [0.717, 1.165) is 18.6 Å². The fourth-order valence-electron chi connectivity index (χ4n) is 1.22. The first-order valence-electron chi connectivity index (χ1n) is 5.12. The molecule has 3 nitrogen and oxygen atoms in total. The van der Waals surface area contributed by atoms with Gasteiger partial charge in [-0.15, -0.1) is 0 Å². The van der Waals surface area contributed by atoms with E-state index in [2.05, 4.69) is 16.6 Å². The van der Waals surface area contributed by atoms with Crippen LogP contribution in [0.1, 0.15) is 23.2 Å². The molecule has 0 radical (unpaired) electrons. The second-order valence-electron chi connectivity index (χ2n) is 3.32. The van der Waals surface area contributed by atoms with Gasteiger partial charge < -0.3 is 5.32 Å². The van der Waals surface area contributed by atoms with Gasteiger partial charge >= 0.3 is 0 Å². The van der Waals surface area contributed by atoms with Crippen LogP contribution in [-0.4, -0.2) is 29.4 Å². The first kappa shape index (κ1) is 13.3. The molecule has 0 saturated carbocycles. The van der Waals surface area contributed by atoms with E-state index in [1.165, 1.54) is 6.20 Å². The van der Waals surface area contributed by atoms with E-state index in [1.807, 2.05) is 11.8 Å². The quantitative estimate of drug-likeness (QED) is 0.630. The van der Waals surface area contributed by atoms with Crippen molar-refractivity contribution in [3.05, 3.63) is 29.0 Å². The second-order valence-corrected chi connectivity index (χ2v) is 4.70. The van der Waals surface area contributed by atoms with Crippen molar-refractivity contribution in [1.29, 1.82) is 0 Å². The maximum absolute atomic E-state index is 11.6. The minimum absolute atomic E-state index is 0.0894. The first-order valence-corrected chi connectivity index (χ1v) is 6.90. The maximum Gasteiger partial charge on any atom is 0.251 e. The number of carbonyl (C=O) groups is 1. The molecule has 0 bridgehead atoms. The number of pyridine rings is 1. The third-order valence-electron chi connectivity index (χ3n) is 2.05. The number of nitrogens with zero attached hydrogens (tertiary/aromatic N) is 1. The molecule has 0 saturated heterocycles. The molecule has 1 heterocycles. The zero-order valence-electron chi connectivity index (χ0n) is 9.20. The molecule has 0 aliphatic heterocycles. The number of nitrogens with one attached hydrogen (secondary N) is 1. The summed E-state index contributed by atoms with van der Waals surface area (Å²) in [6.45, 7) is 0.708. The molecule has 5 heteroatoms. The molecule has 1 aromatic rings. The number of aromatic nitrogens is 1. The predicted octanol–water partition coefficient (Wildman–Crippen LogP) is 2.61. The third kappa shape index (κ3) is 4.86. The molecule has 1 rings (SSSR count). The monoisotopic (exact) mass is 258 g/mol. The molecular weight excluding hydrogens is 244 g/mol. The molecule has 1 amide bonds. The first-order chi connectivity index (χ1) is 7.74. The van der Waals surface area contributed by atoms with Crippen molar-refractivity contribution < 1.29 is 4.79 Å². The zero-order valence-corrected chi connectivity index (χ0v) is 10.8. The Morgan fingerprint density at radius 2 is 2.38 bits per heavy atom. The molecule has 0 fully saturated rings. The van der Waals surface area contributed by atoms with Crippen molar-refractivity contribution in [2.24, 2.45) is 0 Å². The van der Waals surface area contributed by atoms with Crippen molar-refractivity contribution in [2.75, 3.05) is 18.6 Å². The molecule has 88 valence electrons. The molecule has 0 atom stereocenters. The number of unbranched alkanes of at least 4 members (excludes halogenated alkanes) is 1. The topological polar surface area (TPSA) is 42.0 Å². The Kier molecular flexibility index (Phi) is 6.26. The number of hydrogen-bond donors (Lipinski definition) is 1. The van der Waals surface area contributed by atoms with Crippen LogP contribution in [0.15, 0.2) is 18.3 Å². The lowest BCUT2D eigenvalue weighted by atomic mass is 10.2. The average Bonchev–Trinajstić information content (AvgIpc) is 2.28. The minimum atomic E-state index is -0.0894. The Bertz CT molecular complexity index is 347. The van der Waals surface area contributed by atoms with Crippen molar-refractivity contribution in [3.8, 4) is 0 Å². The summed E-state index contributed by atoms with van der Waals surface area (Å²) in [6, 6.07) is 3.22. The SMILES string of the molecule is CSCCCCNC(=O)c1ccnc(Cl)c1. The van der Waals surface area contributed by atoms with Crippen LogP contribution in [0.2, 0.25) is 5.15 Å². The van der Waals surface area contributed by atoms with E-state index in [4.69, 9.17) is 11.6 Å². The normalized spacial score (nSPS) is 10.1. The summed E-state index contributed by atoms with van der Waals surface area (Å²) in [7, 11) is 0. The Hall–Kier alpha value is -0.740. The van der Waals surface area contributed by atoms with Gasteiger partial charge in [0.15, 0.2) is 0 Å². The second kappa shape index (κ2) is 7.52. The van der Waals surface area contributed by atoms with Gasteiger partial charge in [-0.3, -0.25) is 4.79 Å². The fourth-order valence-corrected chi connectivity index (χ4v) is 1.89. The average molecular weight is 259 g/mol. The van der Waals surface area contributed by atoms with Crippen LogP contribution in [0.5, 0.6) is 0 Å². The van der Waals surface area contributed by atoms with Gasteiger partial charge in [-0.2, -0.15) is 11.8 Å². The minimum Gasteiger partial charge on any atom is -0.352 e. The lowest BCUT2D eigenvalue weighted by Crippen LogP contribution is -2.24. The Morgan fingerprint density at radius 1 is 1.56 bits per heavy atom. The smallest absolute Gasteiger partial charge is 0.251 e. The zero-order chi connectivity index (χ0) is 11.8. The van der Waals surface area contributed by atoms with Crippen molar-refractivity contribution >= 4 is 29.3 Å². The Morgan fingerprint density at radius 3 is 3.06 bits per heavy atom. The Balaban J connectivity index is 2.30. The summed E-state index contributed by atoms with van der Waals surface area (Å²) >= 11 is 7.52. The summed E-state index contributed by atoms with van der Waals surface area (Å²) in [6.07, 6.45) is 5.74. The van der Waals surface area contributed by atoms with Crippen LogP contribution in [0.4, 0.5) is 0 Å². The van der Waals surface area contributed by atoms with Crippen LogP contribution in [0.3, 0.4) is 0 Å². The summed E-state index contributed by atoms with van der Waals surface area (Å²) in [5.74, 6) is 1.05. The molecule has 0 spiro atoms. The van der Waals surface area contributed by atoms with Crippen LogP contribution in [0.25, 0.3) is 0 Å². The van der Waals surface area contributed by atoms with Crippen LogP contribution >= 0.6 is 23.4 Å². The number of hydrogen-bond acceptors (Lipinski definition) is 3. The third-order valence-corrected chi connectivity index (χ3v) is 2.95. The number of rotatable bonds is 6. The van der Waals surface area contributed by atoms with Crippen LogP contribution < -0.4 is 5.32 Å². The van der Waals surface area contributed by atoms with E-state index >= 15 is 0 Å². The van der Waals surface area contributed by atoms with Crippen molar-refractivity contribution in [2.45, 2.75) is 12.8 Å². The van der Waals surface area contributed by atoms with E-state index in [9.17, 15) is 4.79 Å². The lowest BCUT2D eigenvalue weighted by molar-refractivity contribution is 0.0953. The highest BCUT2D eigenvalue weighted by Gasteiger charge is 2.04. The largest absolute Gasteiger partial charge is 0.352 e. The molecule has 0 aliphatic carbocycles. The summed E-state index contributed by atoms with van der Waals surface area (Å²) in [4.78, 5) is 15.5. The highest BCUT2D eigenvalue weighted by atomic mass is 35.5. The van der Waals surface area contributed by atoms with Gasteiger partial charge in [0, 0.05) is 18.3 Å². The Labute approximate surface area is 105 Å². The maximum atomic E-state index is 11.6. The molecule has 1 aromatic heterocycles. The molecule has 1 N–H and O–H groups in total. The number of amides is 1. The van der Waals surface area contributed by atoms with Gasteiger partial charge in [-0.05, 0) is 37.0 Å². The van der Waals surface area contributed by atoms with Gasteiger partial charge in [0.2, 0.25) is 0 Å². The van der Waals surface area contributed by atoms with Crippen LogP contribution in [-0.2, 0) is 0 Å².